The van der Waals surface area contributed by atoms with Crippen molar-refractivity contribution in [1.29, 1.82) is 0 Å². The lowest BCUT2D eigenvalue weighted by Gasteiger charge is -2.35. The molecule has 0 unspecified atom stereocenters. The molecule has 106 valence electrons. The number of aliphatic hydroxyl groups excluding tert-OH is 1. The number of hydrogen-bond donors (Lipinski definition) is 1. The van der Waals surface area contributed by atoms with E-state index in [2.05, 4.69) is 19.8 Å². The number of aromatic nitrogens is 2. The van der Waals surface area contributed by atoms with E-state index in [1.165, 1.54) is 0 Å². The van der Waals surface area contributed by atoms with E-state index in [1.54, 1.807) is 18.3 Å². The molecule has 2 aromatic rings. The van der Waals surface area contributed by atoms with Crippen LogP contribution in [0.15, 0.2) is 29.9 Å². The maximum atomic E-state index is 9.48. The van der Waals surface area contributed by atoms with Gasteiger partial charge in [0.05, 0.1) is 23.7 Å². The number of nitrogens with zero attached hydrogens (tertiary/aromatic N) is 4. The maximum absolute atomic E-state index is 9.48. The van der Waals surface area contributed by atoms with Crippen LogP contribution in [-0.2, 0) is 0 Å². The van der Waals surface area contributed by atoms with E-state index in [-0.39, 0.29) is 0 Å². The summed E-state index contributed by atoms with van der Waals surface area (Å²) in [7, 11) is 0. The third-order valence-corrected chi connectivity index (χ3v) is 4.37. The van der Waals surface area contributed by atoms with Crippen LogP contribution in [0.3, 0.4) is 0 Å². The smallest absolute Gasteiger partial charge is 0.185 e. The number of piperazine rings is 1. The lowest BCUT2D eigenvalue weighted by atomic mass is 10.2. The molecule has 0 spiro atoms. The minimum atomic E-state index is -0.509. The van der Waals surface area contributed by atoms with Gasteiger partial charge in [-0.1, -0.05) is 0 Å². The van der Waals surface area contributed by atoms with Crippen LogP contribution in [-0.4, -0.2) is 41.3 Å². The summed E-state index contributed by atoms with van der Waals surface area (Å²) in [5.74, 6) is 0. The second-order valence-electron chi connectivity index (χ2n) is 4.91. The molecule has 1 N–H and O–H groups in total. The number of pyridine rings is 1. The largest absolute Gasteiger partial charge is 0.387 e. The Balaban J connectivity index is 1.63. The van der Waals surface area contributed by atoms with Crippen LogP contribution in [0.1, 0.15) is 18.7 Å². The van der Waals surface area contributed by atoms with Crippen molar-refractivity contribution in [2.24, 2.45) is 0 Å². The minimum Gasteiger partial charge on any atom is -0.387 e. The summed E-state index contributed by atoms with van der Waals surface area (Å²) in [5, 5.41) is 12.6. The molecule has 5 nitrogen and oxygen atoms in total. The van der Waals surface area contributed by atoms with Crippen molar-refractivity contribution >= 4 is 22.2 Å². The van der Waals surface area contributed by atoms with Gasteiger partial charge in [-0.2, -0.15) is 0 Å². The molecule has 0 amide bonds. The summed E-state index contributed by atoms with van der Waals surface area (Å²) < 4.78 is 0. The van der Waals surface area contributed by atoms with Crippen LogP contribution in [0.4, 0.5) is 10.8 Å². The van der Waals surface area contributed by atoms with E-state index in [0.29, 0.717) is 0 Å². The number of rotatable bonds is 3. The molecule has 6 heteroatoms. The van der Waals surface area contributed by atoms with Crippen LogP contribution in [0.25, 0.3) is 0 Å². The average molecular weight is 290 g/mol. The zero-order valence-electron chi connectivity index (χ0n) is 11.4. The third kappa shape index (κ3) is 2.76. The van der Waals surface area contributed by atoms with E-state index in [9.17, 15) is 5.11 Å². The topological polar surface area (TPSA) is 52.5 Å². The molecule has 0 bridgehead atoms. The van der Waals surface area contributed by atoms with Crippen molar-refractivity contribution in [2.75, 3.05) is 36.0 Å². The second-order valence-corrected chi connectivity index (χ2v) is 5.78. The molecular weight excluding hydrogens is 272 g/mol. The van der Waals surface area contributed by atoms with Gasteiger partial charge in [-0.05, 0) is 19.1 Å². The fraction of sp³-hybridized carbons (Fsp3) is 0.429. The Kier molecular flexibility index (Phi) is 3.84. The molecule has 0 saturated carbocycles. The molecule has 0 aliphatic carbocycles. The van der Waals surface area contributed by atoms with E-state index in [4.69, 9.17) is 0 Å². The molecule has 0 radical (unpaired) electrons. The SMILES string of the molecule is C[C@H](O)c1ccc(N2CCN(c3nccs3)CC2)cn1. The van der Waals surface area contributed by atoms with Gasteiger partial charge < -0.3 is 14.9 Å². The van der Waals surface area contributed by atoms with E-state index < -0.39 is 6.10 Å². The van der Waals surface area contributed by atoms with Crippen LogP contribution in [0, 0.1) is 0 Å². The Morgan fingerprint density at radius 3 is 2.45 bits per heavy atom. The number of hydrogen-bond acceptors (Lipinski definition) is 6. The zero-order valence-corrected chi connectivity index (χ0v) is 12.3. The molecule has 1 aliphatic rings. The molecule has 1 saturated heterocycles. The van der Waals surface area contributed by atoms with Crippen molar-refractivity contribution in [1.82, 2.24) is 9.97 Å². The van der Waals surface area contributed by atoms with Gasteiger partial charge in [-0.15, -0.1) is 11.3 Å². The van der Waals surface area contributed by atoms with Gasteiger partial charge in [0.25, 0.3) is 0 Å². The number of thiazole rings is 1. The zero-order chi connectivity index (χ0) is 13.9. The summed E-state index contributed by atoms with van der Waals surface area (Å²) >= 11 is 1.69. The lowest BCUT2D eigenvalue weighted by molar-refractivity contribution is 0.194. The fourth-order valence-electron chi connectivity index (χ4n) is 2.36. The standard InChI is InChI=1S/C14H18N4OS/c1-11(19)13-3-2-12(10-16-13)17-5-7-18(8-6-17)14-15-4-9-20-14/h2-4,9-11,19H,5-8H2,1H3/t11-/m0/s1. The van der Waals surface area contributed by atoms with Crippen molar-refractivity contribution in [2.45, 2.75) is 13.0 Å². The Hall–Kier alpha value is -1.66. The normalized spacial score (nSPS) is 17.3. The molecular formula is C14H18N4OS. The van der Waals surface area contributed by atoms with Crippen molar-refractivity contribution in [3.63, 3.8) is 0 Å². The molecule has 1 aliphatic heterocycles. The maximum Gasteiger partial charge on any atom is 0.185 e. The Morgan fingerprint density at radius 1 is 1.15 bits per heavy atom. The van der Waals surface area contributed by atoms with Gasteiger partial charge in [0.2, 0.25) is 0 Å². The summed E-state index contributed by atoms with van der Waals surface area (Å²) in [6, 6.07) is 3.93. The quantitative estimate of drug-likeness (QED) is 0.936. The number of anilines is 2. The number of aliphatic hydroxyl groups is 1. The van der Waals surface area contributed by atoms with Gasteiger partial charge in [0, 0.05) is 37.8 Å². The molecule has 1 fully saturated rings. The molecule has 2 aromatic heterocycles. The molecule has 3 heterocycles. The highest BCUT2D eigenvalue weighted by molar-refractivity contribution is 7.13. The Morgan fingerprint density at radius 2 is 1.90 bits per heavy atom. The highest BCUT2D eigenvalue weighted by atomic mass is 32.1. The van der Waals surface area contributed by atoms with Crippen molar-refractivity contribution < 1.29 is 5.11 Å². The first-order valence-electron chi connectivity index (χ1n) is 6.77. The van der Waals surface area contributed by atoms with Gasteiger partial charge in [0.1, 0.15) is 0 Å². The van der Waals surface area contributed by atoms with Gasteiger partial charge in [-0.25, -0.2) is 4.98 Å². The van der Waals surface area contributed by atoms with Crippen LogP contribution in [0.2, 0.25) is 0 Å². The van der Waals surface area contributed by atoms with Crippen molar-refractivity contribution in [3.8, 4) is 0 Å². The van der Waals surface area contributed by atoms with E-state index in [0.717, 1.165) is 42.7 Å². The predicted octanol–water partition coefficient (Wildman–Crippen LogP) is 1.92. The fourth-order valence-corrected chi connectivity index (χ4v) is 3.06. The summed E-state index contributed by atoms with van der Waals surface area (Å²) in [4.78, 5) is 13.3. The third-order valence-electron chi connectivity index (χ3n) is 3.53. The average Bonchev–Trinajstić information content (AvgIpc) is 3.02. The highest BCUT2D eigenvalue weighted by Gasteiger charge is 2.19. The summed E-state index contributed by atoms with van der Waals surface area (Å²) in [6.07, 6.45) is 3.19. The van der Waals surface area contributed by atoms with Gasteiger partial charge in [0.15, 0.2) is 5.13 Å². The van der Waals surface area contributed by atoms with Gasteiger partial charge >= 0.3 is 0 Å². The second kappa shape index (κ2) is 5.76. The monoisotopic (exact) mass is 290 g/mol. The van der Waals surface area contributed by atoms with Crippen LogP contribution in [0.5, 0.6) is 0 Å². The summed E-state index contributed by atoms with van der Waals surface area (Å²) in [5.41, 5.74) is 1.84. The summed E-state index contributed by atoms with van der Waals surface area (Å²) in [6.45, 7) is 5.62. The predicted molar refractivity (Wildman–Crippen MR) is 81.4 cm³/mol. The minimum absolute atomic E-state index is 0.509. The lowest BCUT2D eigenvalue weighted by Crippen LogP contribution is -2.46. The van der Waals surface area contributed by atoms with E-state index >= 15 is 0 Å². The first kappa shape index (κ1) is 13.3. The Labute approximate surface area is 122 Å². The van der Waals surface area contributed by atoms with Gasteiger partial charge in [-0.3, -0.25) is 4.98 Å². The first-order valence-corrected chi connectivity index (χ1v) is 7.65. The van der Waals surface area contributed by atoms with Crippen molar-refractivity contribution in [3.05, 3.63) is 35.6 Å². The molecule has 20 heavy (non-hydrogen) atoms. The molecule has 1 atom stereocenters. The van der Waals surface area contributed by atoms with E-state index in [1.807, 2.05) is 29.9 Å². The Bertz CT molecular complexity index is 533. The first-order chi connectivity index (χ1) is 9.74. The highest BCUT2D eigenvalue weighted by Crippen LogP contribution is 2.22. The molecule has 0 aromatic carbocycles. The van der Waals surface area contributed by atoms with Crippen LogP contribution < -0.4 is 9.80 Å². The van der Waals surface area contributed by atoms with Crippen LogP contribution >= 0.6 is 11.3 Å². The molecule has 3 rings (SSSR count).